The predicted octanol–water partition coefficient (Wildman–Crippen LogP) is 4.45. The monoisotopic (exact) mass is 321 g/mol. The number of thiophene rings is 1. The van der Waals surface area contributed by atoms with Crippen molar-refractivity contribution in [3.8, 4) is 0 Å². The molecule has 1 aromatic rings. The third-order valence-corrected chi connectivity index (χ3v) is 5.53. The lowest BCUT2D eigenvalue weighted by atomic mass is 9.86. The Bertz CT molecular complexity index is 491. The molecule has 2 heterocycles. The average Bonchev–Trinajstić information content (AvgIpc) is 2.68. The van der Waals surface area contributed by atoms with Crippen molar-refractivity contribution in [2.45, 2.75) is 44.7 Å². The van der Waals surface area contributed by atoms with Crippen molar-refractivity contribution in [1.82, 2.24) is 4.90 Å². The second-order valence-electron chi connectivity index (χ2n) is 5.19. The topological polar surface area (TPSA) is 40.5 Å². The first-order valence-electron chi connectivity index (χ1n) is 6.31. The van der Waals surface area contributed by atoms with Gasteiger partial charge in [-0.15, -0.1) is 11.3 Å². The summed E-state index contributed by atoms with van der Waals surface area (Å²) in [4.78, 5) is 13.6. The van der Waals surface area contributed by atoms with E-state index in [0.717, 1.165) is 24.9 Å². The highest BCUT2D eigenvalue weighted by molar-refractivity contribution is 7.20. The van der Waals surface area contributed by atoms with Crippen molar-refractivity contribution in [2.24, 2.45) is 0 Å². The third-order valence-electron chi connectivity index (χ3n) is 4.01. The Kier molecular flexibility index (Phi) is 4.45. The molecule has 2 atom stereocenters. The molecule has 0 radical (unpaired) electrons. The van der Waals surface area contributed by atoms with Gasteiger partial charge in [-0.1, -0.05) is 23.2 Å². The molecule has 3 nitrogen and oxygen atoms in total. The van der Waals surface area contributed by atoms with Gasteiger partial charge in [-0.25, -0.2) is 0 Å². The standard InChI is InChI=1S/C13H17Cl2NO2S/c1-8(9-7-10(14)19-11(9)15)16-6-4-3-5-13(16,2)12(17)18/h7-8H,3-6H2,1-2H3,(H,17,18). The number of rotatable bonds is 3. The van der Waals surface area contributed by atoms with Gasteiger partial charge in [-0.2, -0.15) is 0 Å². The zero-order chi connectivity index (χ0) is 14.2. The summed E-state index contributed by atoms with van der Waals surface area (Å²) in [5.74, 6) is -0.767. The molecule has 0 amide bonds. The first-order valence-corrected chi connectivity index (χ1v) is 7.88. The number of nitrogens with zero attached hydrogens (tertiary/aromatic N) is 1. The lowest BCUT2D eigenvalue weighted by Gasteiger charge is -2.45. The van der Waals surface area contributed by atoms with E-state index in [2.05, 4.69) is 0 Å². The van der Waals surface area contributed by atoms with Gasteiger partial charge in [0.15, 0.2) is 0 Å². The highest BCUT2D eigenvalue weighted by atomic mass is 35.5. The zero-order valence-electron chi connectivity index (χ0n) is 10.9. The average molecular weight is 322 g/mol. The van der Waals surface area contributed by atoms with E-state index in [9.17, 15) is 9.90 Å². The smallest absolute Gasteiger partial charge is 0.323 e. The van der Waals surface area contributed by atoms with Crippen LogP contribution in [-0.4, -0.2) is 28.1 Å². The van der Waals surface area contributed by atoms with E-state index >= 15 is 0 Å². The fraction of sp³-hybridized carbons (Fsp3) is 0.615. The summed E-state index contributed by atoms with van der Waals surface area (Å²) < 4.78 is 1.29. The number of likely N-dealkylation sites (tertiary alicyclic amines) is 1. The van der Waals surface area contributed by atoms with Crippen LogP contribution in [0.15, 0.2) is 6.07 Å². The lowest BCUT2D eigenvalue weighted by molar-refractivity contribution is -0.155. The Morgan fingerprint density at radius 2 is 2.21 bits per heavy atom. The zero-order valence-corrected chi connectivity index (χ0v) is 13.3. The maximum absolute atomic E-state index is 11.6. The molecule has 1 N–H and O–H groups in total. The molecule has 106 valence electrons. The van der Waals surface area contributed by atoms with Crippen molar-refractivity contribution >= 4 is 40.5 Å². The van der Waals surface area contributed by atoms with Crippen molar-refractivity contribution in [3.63, 3.8) is 0 Å². The van der Waals surface area contributed by atoms with Crippen LogP contribution in [0.1, 0.15) is 44.7 Å². The molecule has 0 saturated carbocycles. The number of halogens is 2. The molecule has 2 rings (SSSR count). The quantitative estimate of drug-likeness (QED) is 0.894. The summed E-state index contributed by atoms with van der Waals surface area (Å²) in [6.45, 7) is 4.57. The minimum Gasteiger partial charge on any atom is -0.480 e. The molecule has 0 aliphatic carbocycles. The Hall–Kier alpha value is -0.290. The van der Waals surface area contributed by atoms with Gasteiger partial charge in [0.05, 0.1) is 8.67 Å². The summed E-state index contributed by atoms with van der Waals surface area (Å²) in [6.07, 6.45) is 2.63. The van der Waals surface area contributed by atoms with Gasteiger partial charge in [-0.3, -0.25) is 9.69 Å². The van der Waals surface area contributed by atoms with Crippen LogP contribution in [0, 0.1) is 0 Å². The first kappa shape index (κ1) is 15.1. The molecule has 6 heteroatoms. The van der Waals surface area contributed by atoms with Gasteiger partial charge >= 0.3 is 5.97 Å². The third kappa shape index (κ3) is 2.77. The molecule has 1 aliphatic heterocycles. The summed E-state index contributed by atoms with van der Waals surface area (Å²) >= 11 is 13.5. The van der Waals surface area contributed by atoms with Crippen molar-refractivity contribution in [2.75, 3.05) is 6.54 Å². The molecule has 1 fully saturated rings. The summed E-state index contributed by atoms with van der Waals surface area (Å²) in [6, 6.07) is 1.80. The fourth-order valence-corrected chi connectivity index (χ4v) is 4.43. The summed E-state index contributed by atoms with van der Waals surface area (Å²) in [7, 11) is 0. The van der Waals surface area contributed by atoms with Gasteiger partial charge in [0.25, 0.3) is 0 Å². The largest absolute Gasteiger partial charge is 0.480 e. The summed E-state index contributed by atoms with van der Waals surface area (Å²) in [5, 5.41) is 9.54. The van der Waals surface area contributed by atoms with E-state index in [0.29, 0.717) is 15.1 Å². The normalized spacial score (nSPS) is 26.3. The molecule has 1 aromatic heterocycles. The maximum atomic E-state index is 11.6. The van der Waals surface area contributed by atoms with Crippen LogP contribution >= 0.6 is 34.5 Å². The second kappa shape index (κ2) is 5.60. The fourth-order valence-electron chi connectivity index (χ4n) is 2.80. The molecule has 0 aromatic carbocycles. The van der Waals surface area contributed by atoms with E-state index in [1.165, 1.54) is 11.3 Å². The van der Waals surface area contributed by atoms with Gasteiger partial charge in [-0.05, 0) is 45.7 Å². The molecule has 0 bridgehead atoms. The summed E-state index contributed by atoms with van der Waals surface area (Å²) in [5.41, 5.74) is 0.0983. The van der Waals surface area contributed by atoms with E-state index in [1.807, 2.05) is 17.9 Å². The predicted molar refractivity (Wildman–Crippen MR) is 79.4 cm³/mol. The molecule has 1 aliphatic rings. The number of hydrogen-bond donors (Lipinski definition) is 1. The molecule has 1 saturated heterocycles. The van der Waals surface area contributed by atoms with E-state index in [4.69, 9.17) is 23.2 Å². The van der Waals surface area contributed by atoms with Crippen LogP contribution < -0.4 is 0 Å². The molecule has 19 heavy (non-hydrogen) atoms. The second-order valence-corrected chi connectivity index (χ2v) is 7.47. The van der Waals surface area contributed by atoms with Crippen LogP contribution in [0.3, 0.4) is 0 Å². The van der Waals surface area contributed by atoms with Crippen LogP contribution in [0.25, 0.3) is 0 Å². The van der Waals surface area contributed by atoms with Gasteiger partial charge in [0.2, 0.25) is 0 Å². The van der Waals surface area contributed by atoms with Crippen LogP contribution in [0.5, 0.6) is 0 Å². The minimum absolute atomic E-state index is 0.0438. The maximum Gasteiger partial charge on any atom is 0.323 e. The Morgan fingerprint density at radius 3 is 2.74 bits per heavy atom. The molecule has 2 unspecified atom stereocenters. The molecular formula is C13H17Cl2NO2S. The van der Waals surface area contributed by atoms with Crippen molar-refractivity contribution in [3.05, 3.63) is 20.3 Å². The Morgan fingerprint density at radius 1 is 1.53 bits per heavy atom. The Labute approximate surface area is 127 Å². The lowest BCUT2D eigenvalue weighted by Crippen LogP contribution is -2.55. The van der Waals surface area contributed by atoms with Crippen molar-refractivity contribution in [1.29, 1.82) is 0 Å². The molecular weight excluding hydrogens is 305 g/mol. The molecule has 0 spiro atoms. The van der Waals surface area contributed by atoms with Gasteiger partial charge < -0.3 is 5.11 Å². The minimum atomic E-state index is -0.824. The first-order chi connectivity index (χ1) is 8.86. The van der Waals surface area contributed by atoms with Crippen LogP contribution in [-0.2, 0) is 4.79 Å². The Balaban J connectivity index is 2.33. The van der Waals surface area contributed by atoms with Gasteiger partial charge in [0.1, 0.15) is 5.54 Å². The highest BCUT2D eigenvalue weighted by Crippen LogP contribution is 2.41. The van der Waals surface area contributed by atoms with E-state index in [1.54, 1.807) is 6.92 Å². The van der Waals surface area contributed by atoms with Gasteiger partial charge in [0, 0.05) is 11.6 Å². The number of hydrogen-bond acceptors (Lipinski definition) is 3. The highest BCUT2D eigenvalue weighted by Gasteiger charge is 2.44. The number of carbonyl (C=O) groups is 1. The van der Waals surface area contributed by atoms with Crippen LogP contribution in [0.4, 0.5) is 0 Å². The van der Waals surface area contributed by atoms with Crippen LogP contribution in [0.2, 0.25) is 8.67 Å². The number of carboxylic acids is 1. The SMILES string of the molecule is CC(c1cc(Cl)sc1Cl)N1CCCCC1(C)C(=O)O. The van der Waals surface area contributed by atoms with Crippen molar-refractivity contribution < 1.29 is 9.90 Å². The van der Waals surface area contributed by atoms with E-state index in [-0.39, 0.29) is 6.04 Å². The number of carboxylic acid groups (broad SMARTS) is 1. The number of piperidine rings is 1. The van der Waals surface area contributed by atoms with E-state index < -0.39 is 11.5 Å². The number of aliphatic carboxylic acids is 1.